The van der Waals surface area contributed by atoms with Gasteiger partial charge >= 0.3 is 11.9 Å². The molecule has 20 heavy (non-hydrogen) atoms. The van der Waals surface area contributed by atoms with E-state index < -0.39 is 35.0 Å². The predicted octanol–water partition coefficient (Wildman–Crippen LogP) is 1.26. The molecule has 0 aliphatic rings. The predicted molar refractivity (Wildman–Crippen MR) is 66.1 cm³/mol. The molecule has 0 aliphatic carbocycles. The lowest BCUT2D eigenvalue weighted by molar-refractivity contribution is -0.134. The van der Waals surface area contributed by atoms with Crippen LogP contribution in [0, 0.1) is 0 Å². The number of benzene rings is 1. The number of phenolic OH excluding ortho intramolecular Hbond substituents is 1. The summed E-state index contributed by atoms with van der Waals surface area (Å²) in [7, 11) is 0. The van der Waals surface area contributed by atoms with Crippen molar-refractivity contribution in [2.75, 3.05) is 0 Å². The van der Waals surface area contributed by atoms with Crippen molar-refractivity contribution in [3.63, 3.8) is 0 Å². The van der Waals surface area contributed by atoms with Crippen molar-refractivity contribution >= 4 is 24.0 Å². The van der Waals surface area contributed by atoms with Gasteiger partial charge in [0.2, 0.25) is 5.75 Å². The first kappa shape index (κ1) is 15.4. The molecule has 1 N–H and O–H groups in total. The molecule has 0 aromatic heterocycles. The molecule has 0 heterocycles. The zero-order valence-corrected chi connectivity index (χ0v) is 11.1. The van der Waals surface area contributed by atoms with Crippen molar-refractivity contribution in [3.05, 3.63) is 17.2 Å². The lowest BCUT2D eigenvalue weighted by Crippen LogP contribution is -2.12. The highest BCUT2D eigenvalue weighted by Gasteiger charge is 2.25. The van der Waals surface area contributed by atoms with E-state index in [1.165, 1.54) is 0 Å². The van der Waals surface area contributed by atoms with Crippen LogP contribution in [-0.2, 0) is 9.59 Å². The Bertz CT molecular complexity index is 601. The van der Waals surface area contributed by atoms with Crippen molar-refractivity contribution < 1.29 is 33.8 Å². The quantitative estimate of drug-likeness (QED) is 0.383. The van der Waals surface area contributed by atoms with Gasteiger partial charge in [0, 0.05) is 19.4 Å². The van der Waals surface area contributed by atoms with Crippen LogP contribution in [0.5, 0.6) is 17.2 Å². The van der Waals surface area contributed by atoms with Crippen molar-refractivity contribution in [1.82, 2.24) is 0 Å². The fourth-order valence-electron chi connectivity index (χ4n) is 1.59. The molecule has 0 spiro atoms. The number of phenols is 1. The van der Waals surface area contributed by atoms with E-state index in [0.717, 1.165) is 26.8 Å². The summed E-state index contributed by atoms with van der Waals surface area (Å²) in [5.74, 6) is -3.71. The number of hydrogen-bond acceptors (Lipinski definition) is 7. The maximum absolute atomic E-state index is 11.6. The van der Waals surface area contributed by atoms with Crippen LogP contribution in [0.4, 0.5) is 0 Å². The molecule has 1 aromatic rings. The fourth-order valence-corrected chi connectivity index (χ4v) is 1.59. The first-order valence-corrected chi connectivity index (χ1v) is 5.50. The summed E-state index contributed by atoms with van der Waals surface area (Å²) in [6.07, 6.45) is 0.320. The third-order valence-electron chi connectivity index (χ3n) is 2.22. The summed E-state index contributed by atoms with van der Waals surface area (Å²) < 4.78 is 9.54. The molecule has 7 heteroatoms. The Kier molecular flexibility index (Phi) is 4.58. The summed E-state index contributed by atoms with van der Waals surface area (Å²) in [5.41, 5.74) is -0.425. The van der Waals surface area contributed by atoms with E-state index in [0.29, 0.717) is 6.29 Å². The van der Waals surface area contributed by atoms with Crippen molar-refractivity contribution in [1.29, 1.82) is 0 Å². The second kappa shape index (κ2) is 5.96. The summed E-state index contributed by atoms with van der Waals surface area (Å²) in [4.78, 5) is 44.7. The van der Waals surface area contributed by atoms with Crippen LogP contribution >= 0.6 is 0 Å². The molecule has 1 aromatic carbocycles. The molecule has 0 radical (unpaired) electrons. The maximum Gasteiger partial charge on any atom is 0.308 e. The topological polar surface area (TPSA) is 107 Å². The first-order valence-electron chi connectivity index (χ1n) is 5.50. The number of ketones is 1. The van der Waals surface area contributed by atoms with Crippen molar-refractivity contribution in [3.8, 4) is 17.2 Å². The van der Waals surface area contributed by atoms with Crippen LogP contribution < -0.4 is 9.47 Å². The van der Waals surface area contributed by atoms with Gasteiger partial charge in [0.05, 0.1) is 5.56 Å². The molecule has 0 saturated heterocycles. The Morgan fingerprint density at radius 3 is 1.95 bits per heavy atom. The number of aldehydes is 1. The number of esters is 2. The molecular formula is C13H12O7. The number of Topliss-reactive ketones (excluding diaryl/α,β-unsaturated/α-hetero) is 1. The molecule has 0 saturated carbocycles. The highest BCUT2D eigenvalue weighted by atomic mass is 16.6. The highest BCUT2D eigenvalue weighted by Crippen LogP contribution is 2.41. The van der Waals surface area contributed by atoms with E-state index in [4.69, 9.17) is 9.47 Å². The Balaban J connectivity index is 3.68. The Labute approximate surface area is 114 Å². The number of carbonyl (C=O) groups is 4. The van der Waals surface area contributed by atoms with E-state index in [9.17, 15) is 24.3 Å². The number of carbonyl (C=O) groups excluding carboxylic acids is 4. The van der Waals surface area contributed by atoms with Crippen LogP contribution in [0.2, 0.25) is 0 Å². The molecule has 0 amide bonds. The zero-order chi connectivity index (χ0) is 15.4. The highest BCUT2D eigenvalue weighted by molar-refractivity contribution is 6.06. The van der Waals surface area contributed by atoms with Gasteiger partial charge in [0.1, 0.15) is 0 Å². The lowest BCUT2D eigenvalue weighted by Gasteiger charge is -2.14. The van der Waals surface area contributed by atoms with E-state index in [2.05, 4.69) is 0 Å². The average Bonchev–Trinajstić information content (AvgIpc) is 2.31. The molecule has 0 fully saturated rings. The zero-order valence-electron chi connectivity index (χ0n) is 11.1. The van der Waals surface area contributed by atoms with Gasteiger partial charge in [-0.05, 0) is 13.0 Å². The Hall–Kier alpha value is -2.70. The molecule has 0 bridgehead atoms. The van der Waals surface area contributed by atoms with Gasteiger partial charge in [-0.15, -0.1) is 0 Å². The van der Waals surface area contributed by atoms with E-state index >= 15 is 0 Å². The van der Waals surface area contributed by atoms with E-state index in [1.54, 1.807) is 0 Å². The average molecular weight is 280 g/mol. The summed E-state index contributed by atoms with van der Waals surface area (Å²) >= 11 is 0. The van der Waals surface area contributed by atoms with E-state index in [-0.39, 0.29) is 11.1 Å². The minimum absolute atomic E-state index is 0.179. The van der Waals surface area contributed by atoms with Gasteiger partial charge in [0.15, 0.2) is 23.6 Å². The van der Waals surface area contributed by atoms with Crippen LogP contribution in [0.1, 0.15) is 41.5 Å². The van der Waals surface area contributed by atoms with Gasteiger partial charge < -0.3 is 14.6 Å². The summed E-state index contributed by atoms with van der Waals surface area (Å²) in [6.45, 7) is 3.27. The van der Waals surface area contributed by atoms with Crippen LogP contribution in [0.15, 0.2) is 6.07 Å². The molecule has 1 rings (SSSR count). The second-order valence-corrected chi connectivity index (χ2v) is 3.88. The minimum Gasteiger partial charge on any atom is -0.504 e. The maximum atomic E-state index is 11.6. The van der Waals surface area contributed by atoms with Crippen LogP contribution in [0.3, 0.4) is 0 Å². The van der Waals surface area contributed by atoms with Gasteiger partial charge in [0.25, 0.3) is 0 Å². The standard InChI is InChI=1S/C13H12O7/c1-6(15)11-9(5-14)4-10(18)12(19-7(2)16)13(11)20-8(3)17/h4-5,18H,1-3H3. The fraction of sp³-hybridized carbons (Fsp3) is 0.231. The number of hydrogen-bond donors (Lipinski definition) is 1. The van der Waals surface area contributed by atoms with Crippen LogP contribution in [-0.4, -0.2) is 29.1 Å². The smallest absolute Gasteiger partial charge is 0.308 e. The van der Waals surface area contributed by atoms with Crippen LogP contribution in [0.25, 0.3) is 0 Å². The monoisotopic (exact) mass is 280 g/mol. The second-order valence-electron chi connectivity index (χ2n) is 3.88. The van der Waals surface area contributed by atoms with Gasteiger partial charge in [-0.25, -0.2) is 0 Å². The molecule has 106 valence electrons. The number of ether oxygens (including phenoxy) is 2. The first-order chi connectivity index (χ1) is 9.27. The number of rotatable bonds is 4. The molecule has 0 unspecified atom stereocenters. The third kappa shape index (κ3) is 3.19. The largest absolute Gasteiger partial charge is 0.504 e. The van der Waals surface area contributed by atoms with Gasteiger partial charge in [-0.2, -0.15) is 0 Å². The summed E-state index contributed by atoms with van der Waals surface area (Å²) in [6, 6.07) is 0.953. The molecule has 0 aliphatic heterocycles. The summed E-state index contributed by atoms with van der Waals surface area (Å²) in [5, 5.41) is 9.73. The van der Waals surface area contributed by atoms with Gasteiger partial charge in [-0.3, -0.25) is 19.2 Å². The molecule has 0 atom stereocenters. The van der Waals surface area contributed by atoms with E-state index in [1.807, 2.05) is 0 Å². The molecular weight excluding hydrogens is 268 g/mol. The van der Waals surface area contributed by atoms with Crippen molar-refractivity contribution in [2.45, 2.75) is 20.8 Å². The number of aromatic hydroxyl groups is 1. The third-order valence-corrected chi connectivity index (χ3v) is 2.22. The lowest BCUT2D eigenvalue weighted by atomic mass is 10.0. The Morgan fingerprint density at radius 1 is 1.05 bits per heavy atom. The van der Waals surface area contributed by atoms with Crippen molar-refractivity contribution in [2.24, 2.45) is 0 Å². The van der Waals surface area contributed by atoms with Gasteiger partial charge in [-0.1, -0.05) is 0 Å². The Morgan fingerprint density at radius 2 is 1.55 bits per heavy atom. The minimum atomic E-state index is -0.802. The normalized spacial score (nSPS) is 9.75. The molecule has 7 nitrogen and oxygen atoms in total. The SMILES string of the molecule is CC(=O)Oc1c(O)cc(C=O)c(C(C)=O)c1OC(C)=O.